The number of hydrogen-bond donors (Lipinski definition) is 1. The second-order valence-corrected chi connectivity index (χ2v) is 4.51. The molecule has 0 aromatic carbocycles. The van der Waals surface area contributed by atoms with E-state index in [9.17, 15) is 18.0 Å². The van der Waals surface area contributed by atoms with E-state index in [1.54, 1.807) is 0 Å². The van der Waals surface area contributed by atoms with Crippen molar-refractivity contribution in [1.82, 2.24) is 14.8 Å². The fourth-order valence-corrected chi connectivity index (χ4v) is 1.53. The Labute approximate surface area is 108 Å². The highest BCUT2D eigenvalue weighted by Gasteiger charge is 2.31. The molecule has 0 saturated heterocycles. The molecule has 1 aromatic rings. The SMILES string of the molecule is CCC(C)Cc1nc(CC(F)(F)F)n(CC(=O)O)n1. The molecule has 0 aliphatic carbocycles. The molecule has 0 amide bonds. The van der Waals surface area contributed by atoms with Gasteiger partial charge in [0.05, 0.1) is 0 Å². The highest BCUT2D eigenvalue weighted by Crippen LogP contribution is 2.21. The van der Waals surface area contributed by atoms with Crippen LogP contribution in [0.2, 0.25) is 0 Å². The summed E-state index contributed by atoms with van der Waals surface area (Å²) in [5.74, 6) is -1.11. The standard InChI is InChI=1S/C11H16F3N3O2/c1-3-7(2)4-8-15-9(5-11(12,13)14)17(16-8)6-10(18)19/h7H,3-6H2,1-2H3,(H,18,19). The summed E-state index contributed by atoms with van der Waals surface area (Å²) in [6.45, 7) is 3.27. The molecule has 1 N–H and O–H groups in total. The summed E-state index contributed by atoms with van der Waals surface area (Å²) in [6, 6.07) is 0. The van der Waals surface area contributed by atoms with Gasteiger partial charge in [0, 0.05) is 6.42 Å². The van der Waals surface area contributed by atoms with Gasteiger partial charge < -0.3 is 5.11 Å². The van der Waals surface area contributed by atoms with E-state index in [4.69, 9.17) is 5.11 Å². The highest BCUT2D eigenvalue weighted by atomic mass is 19.4. The summed E-state index contributed by atoms with van der Waals surface area (Å²) in [4.78, 5) is 14.4. The number of nitrogens with zero attached hydrogens (tertiary/aromatic N) is 3. The van der Waals surface area contributed by atoms with Crippen molar-refractivity contribution in [2.24, 2.45) is 5.92 Å². The number of aliphatic carboxylic acids is 1. The van der Waals surface area contributed by atoms with E-state index in [0.717, 1.165) is 11.1 Å². The van der Waals surface area contributed by atoms with Gasteiger partial charge in [0.1, 0.15) is 18.8 Å². The van der Waals surface area contributed by atoms with E-state index < -0.39 is 25.1 Å². The number of carbonyl (C=O) groups is 1. The van der Waals surface area contributed by atoms with Crippen LogP contribution in [0.15, 0.2) is 0 Å². The van der Waals surface area contributed by atoms with Crippen LogP contribution in [0, 0.1) is 5.92 Å². The minimum absolute atomic E-state index is 0.236. The quantitative estimate of drug-likeness (QED) is 0.865. The molecule has 0 aliphatic heterocycles. The Kier molecular flexibility index (Phi) is 4.90. The predicted octanol–water partition coefficient (Wildman–Crippen LogP) is 2.06. The second kappa shape index (κ2) is 6.03. The molecular weight excluding hydrogens is 263 g/mol. The molecule has 1 aromatic heterocycles. The van der Waals surface area contributed by atoms with Crippen molar-refractivity contribution in [2.75, 3.05) is 0 Å². The van der Waals surface area contributed by atoms with E-state index in [2.05, 4.69) is 10.1 Å². The maximum Gasteiger partial charge on any atom is 0.396 e. The minimum atomic E-state index is -4.43. The lowest BCUT2D eigenvalue weighted by atomic mass is 10.1. The first-order valence-corrected chi connectivity index (χ1v) is 5.92. The van der Waals surface area contributed by atoms with Gasteiger partial charge >= 0.3 is 12.1 Å². The lowest BCUT2D eigenvalue weighted by molar-refractivity contribution is -0.139. The molecule has 0 fully saturated rings. The normalized spacial score (nSPS) is 13.5. The first-order chi connectivity index (χ1) is 8.71. The molecule has 0 aliphatic rings. The molecule has 0 radical (unpaired) electrons. The second-order valence-electron chi connectivity index (χ2n) is 4.51. The molecule has 1 heterocycles. The molecule has 1 unspecified atom stereocenters. The van der Waals surface area contributed by atoms with Gasteiger partial charge in [-0.05, 0) is 5.92 Å². The van der Waals surface area contributed by atoms with Crippen LogP contribution in [0.5, 0.6) is 0 Å². The van der Waals surface area contributed by atoms with Crippen molar-refractivity contribution in [3.63, 3.8) is 0 Å². The van der Waals surface area contributed by atoms with Crippen LogP contribution >= 0.6 is 0 Å². The van der Waals surface area contributed by atoms with Crippen molar-refractivity contribution in [3.8, 4) is 0 Å². The number of rotatable bonds is 6. The number of halogens is 3. The maximum absolute atomic E-state index is 12.4. The van der Waals surface area contributed by atoms with Gasteiger partial charge in [-0.2, -0.15) is 18.3 Å². The summed E-state index contributed by atoms with van der Waals surface area (Å²) >= 11 is 0. The predicted molar refractivity (Wildman–Crippen MR) is 60.6 cm³/mol. The number of alkyl halides is 3. The third-order valence-electron chi connectivity index (χ3n) is 2.66. The number of carboxylic acids is 1. The molecule has 1 rings (SSSR count). The first kappa shape index (κ1) is 15.5. The summed E-state index contributed by atoms with van der Waals surface area (Å²) in [7, 11) is 0. The van der Waals surface area contributed by atoms with Crippen molar-refractivity contribution < 1.29 is 23.1 Å². The Hall–Kier alpha value is -1.60. The van der Waals surface area contributed by atoms with Crippen LogP contribution in [0.25, 0.3) is 0 Å². The largest absolute Gasteiger partial charge is 0.480 e. The van der Waals surface area contributed by atoms with Gasteiger partial charge in [0.15, 0.2) is 5.82 Å². The smallest absolute Gasteiger partial charge is 0.396 e. The average molecular weight is 279 g/mol. The fraction of sp³-hybridized carbons (Fsp3) is 0.727. The van der Waals surface area contributed by atoms with Crippen molar-refractivity contribution in [2.45, 2.75) is 45.8 Å². The third kappa shape index (κ3) is 5.27. The van der Waals surface area contributed by atoms with E-state index in [1.165, 1.54) is 0 Å². The van der Waals surface area contributed by atoms with Crippen molar-refractivity contribution in [1.29, 1.82) is 0 Å². The van der Waals surface area contributed by atoms with Gasteiger partial charge in [-0.1, -0.05) is 20.3 Å². The highest BCUT2D eigenvalue weighted by molar-refractivity contribution is 5.66. The zero-order valence-corrected chi connectivity index (χ0v) is 10.7. The monoisotopic (exact) mass is 279 g/mol. The molecule has 19 heavy (non-hydrogen) atoms. The Morgan fingerprint density at radius 1 is 1.47 bits per heavy atom. The van der Waals surface area contributed by atoms with Crippen LogP contribution < -0.4 is 0 Å². The Bertz CT molecular complexity index is 443. The lowest BCUT2D eigenvalue weighted by Gasteiger charge is -2.05. The van der Waals surface area contributed by atoms with Crippen LogP contribution in [0.3, 0.4) is 0 Å². The number of aromatic nitrogens is 3. The van der Waals surface area contributed by atoms with Crippen LogP contribution in [-0.2, 0) is 24.2 Å². The Morgan fingerprint density at radius 3 is 2.58 bits per heavy atom. The summed E-state index contributed by atoms with van der Waals surface area (Å²) < 4.78 is 37.9. The maximum atomic E-state index is 12.4. The van der Waals surface area contributed by atoms with Crippen LogP contribution in [-0.4, -0.2) is 32.0 Å². The summed E-state index contributed by atoms with van der Waals surface area (Å²) in [5.41, 5.74) is 0. The van der Waals surface area contributed by atoms with E-state index in [-0.39, 0.29) is 17.6 Å². The molecule has 8 heteroatoms. The van der Waals surface area contributed by atoms with Crippen LogP contribution in [0.4, 0.5) is 13.2 Å². The summed E-state index contributed by atoms with van der Waals surface area (Å²) in [6.07, 6.45) is -4.42. The van der Waals surface area contributed by atoms with Crippen molar-refractivity contribution >= 4 is 5.97 Å². The van der Waals surface area contributed by atoms with Gasteiger partial charge in [0.25, 0.3) is 0 Å². The van der Waals surface area contributed by atoms with Crippen LogP contribution in [0.1, 0.15) is 31.9 Å². The van der Waals surface area contributed by atoms with E-state index in [0.29, 0.717) is 6.42 Å². The zero-order valence-electron chi connectivity index (χ0n) is 10.7. The van der Waals surface area contributed by atoms with E-state index >= 15 is 0 Å². The number of carboxylic acid groups (broad SMARTS) is 1. The van der Waals surface area contributed by atoms with Gasteiger partial charge in [-0.25, -0.2) is 9.67 Å². The van der Waals surface area contributed by atoms with Gasteiger partial charge in [-0.3, -0.25) is 4.79 Å². The van der Waals surface area contributed by atoms with E-state index in [1.807, 2.05) is 13.8 Å². The molecular formula is C11H16F3N3O2. The average Bonchev–Trinajstić information content (AvgIpc) is 2.56. The van der Waals surface area contributed by atoms with Crippen molar-refractivity contribution in [3.05, 3.63) is 11.6 Å². The van der Waals surface area contributed by atoms with Gasteiger partial charge in [0.2, 0.25) is 0 Å². The summed E-state index contributed by atoms with van der Waals surface area (Å²) in [5, 5.41) is 12.5. The molecule has 5 nitrogen and oxygen atoms in total. The third-order valence-corrected chi connectivity index (χ3v) is 2.66. The molecule has 1 atom stereocenters. The topological polar surface area (TPSA) is 68.0 Å². The first-order valence-electron chi connectivity index (χ1n) is 5.92. The Morgan fingerprint density at radius 2 is 2.11 bits per heavy atom. The Balaban J connectivity index is 2.94. The minimum Gasteiger partial charge on any atom is -0.480 e. The number of hydrogen-bond acceptors (Lipinski definition) is 3. The lowest BCUT2D eigenvalue weighted by Crippen LogP contribution is -2.19. The molecule has 108 valence electrons. The molecule has 0 saturated carbocycles. The van der Waals surface area contributed by atoms with Gasteiger partial charge in [-0.15, -0.1) is 0 Å². The fourth-order valence-electron chi connectivity index (χ4n) is 1.53. The zero-order chi connectivity index (χ0) is 14.6. The molecule has 0 bridgehead atoms. The molecule has 0 spiro atoms.